The maximum atomic E-state index is 10.5. The standard InChI is InChI=1S/C7H8NO4PS/c1-4(7(9)10)8-6-2-5(3-14-6)13(11)12/h2-4,8H,1H3,(H,9,10). The lowest BCUT2D eigenvalue weighted by Crippen LogP contribution is -2.24. The van der Waals surface area contributed by atoms with Crippen LogP contribution in [-0.4, -0.2) is 17.1 Å². The summed E-state index contributed by atoms with van der Waals surface area (Å²) in [4.78, 5) is 10.5. The van der Waals surface area contributed by atoms with Gasteiger partial charge in [-0.15, -0.1) is 11.3 Å². The second-order valence-electron chi connectivity index (χ2n) is 2.63. The summed E-state index contributed by atoms with van der Waals surface area (Å²) < 4.78 is 21.1. The van der Waals surface area contributed by atoms with Gasteiger partial charge in [0.15, 0.2) is 0 Å². The molecule has 0 bridgehead atoms. The van der Waals surface area contributed by atoms with Crippen LogP contribution in [0.25, 0.3) is 0 Å². The lowest BCUT2D eigenvalue weighted by molar-refractivity contribution is -0.137. The third-order valence-electron chi connectivity index (χ3n) is 1.53. The Kier molecular flexibility index (Phi) is 3.43. The largest absolute Gasteiger partial charge is 0.480 e. The lowest BCUT2D eigenvalue weighted by Gasteiger charge is -2.06. The van der Waals surface area contributed by atoms with E-state index in [4.69, 9.17) is 5.11 Å². The molecule has 76 valence electrons. The number of carboxylic acid groups (broad SMARTS) is 1. The van der Waals surface area contributed by atoms with Crippen LogP contribution in [0.15, 0.2) is 11.4 Å². The first-order valence-electron chi connectivity index (χ1n) is 3.73. The van der Waals surface area contributed by atoms with Gasteiger partial charge in [-0.05, 0) is 13.0 Å². The van der Waals surface area contributed by atoms with Crippen LogP contribution in [0.3, 0.4) is 0 Å². The van der Waals surface area contributed by atoms with E-state index in [1.54, 1.807) is 0 Å². The first kappa shape index (κ1) is 10.9. The highest BCUT2D eigenvalue weighted by atomic mass is 32.1. The minimum atomic E-state index is -2.59. The molecule has 0 saturated carbocycles. The van der Waals surface area contributed by atoms with Gasteiger partial charge in [0, 0.05) is 5.38 Å². The first-order chi connectivity index (χ1) is 6.50. The zero-order chi connectivity index (χ0) is 10.7. The molecule has 1 aromatic heterocycles. The molecule has 0 aliphatic heterocycles. The number of hydrogen-bond acceptors (Lipinski definition) is 5. The molecule has 0 fully saturated rings. The highest BCUT2D eigenvalue weighted by Gasteiger charge is 2.12. The van der Waals surface area contributed by atoms with Gasteiger partial charge in [-0.1, -0.05) is 0 Å². The van der Waals surface area contributed by atoms with Crippen molar-refractivity contribution in [3.63, 3.8) is 0 Å². The Labute approximate surface area is 84.6 Å². The number of carboxylic acids is 1. The zero-order valence-corrected chi connectivity index (χ0v) is 8.97. The summed E-state index contributed by atoms with van der Waals surface area (Å²) in [5.41, 5.74) is 0. The van der Waals surface area contributed by atoms with E-state index in [1.807, 2.05) is 0 Å². The SMILES string of the molecule is CC(Nc1cc(P(=O)=O)cs1)C(=O)O. The fourth-order valence-corrected chi connectivity index (χ4v) is 2.35. The average molecular weight is 233 g/mol. The Morgan fingerprint density at radius 1 is 1.64 bits per heavy atom. The van der Waals surface area contributed by atoms with Crippen LogP contribution in [0.5, 0.6) is 0 Å². The molecule has 1 rings (SSSR count). The van der Waals surface area contributed by atoms with Crippen molar-refractivity contribution in [2.24, 2.45) is 0 Å². The van der Waals surface area contributed by atoms with Gasteiger partial charge in [-0.25, -0.2) is 9.13 Å². The van der Waals surface area contributed by atoms with E-state index in [0.717, 1.165) is 0 Å². The Morgan fingerprint density at radius 2 is 2.29 bits per heavy atom. The fourth-order valence-electron chi connectivity index (χ4n) is 0.773. The smallest absolute Gasteiger partial charge is 0.349 e. The Balaban J connectivity index is 2.73. The van der Waals surface area contributed by atoms with E-state index in [2.05, 4.69) is 5.32 Å². The summed E-state index contributed by atoms with van der Waals surface area (Å²) in [5, 5.41) is 13.4. The monoisotopic (exact) mass is 233 g/mol. The summed E-state index contributed by atoms with van der Waals surface area (Å²) >= 11 is 1.17. The van der Waals surface area contributed by atoms with Crippen molar-refractivity contribution in [1.82, 2.24) is 0 Å². The van der Waals surface area contributed by atoms with Crippen LogP contribution in [0, 0.1) is 0 Å². The van der Waals surface area contributed by atoms with Crippen molar-refractivity contribution < 1.29 is 19.0 Å². The summed E-state index contributed by atoms with van der Waals surface area (Å²) in [6, 6.07) is 0.682. The third kappa shape index (κ3) is 2.68. The molecule has 7 heteroatoms. The van der Waals surface area contributed by atoms with E-state index in [1.165, 1.54) is 29.7 Å². The Hall–Kier alpha value is -1.13. The lowest BCUT2D eigenvalue weighted by atomic mass is 10.3. The van der Waals surface area contributed by atoms with E-state index >= 15 is 0 Å². The summed E-state index contributed by atoms with van der Waals surface area (Å²) in [6.07, 6.45) is 0. The van der Waals surface area contributed by atoms with Gasteiger partial charge >= 0.3 is 13.6 Å². The molecule has 1 atom stereocenters. The van der Waals surface area contributed by atoms with Gasteiger partial charge in [0.2, 0.25) is 0 Å². The van der Waals surface area contributed by atoms with Crippen molar-refractivity contribution in [3.8, 4) is 0 Å². The van der Waals surface area contributed by atoms with E-state index in [0.29, 0.717) is 5.00 Å². The number of nitrogens with one attached hydrogen (secondary N) is 1. The molecule has 1 heterocycles. The predicted octanol–water partition coefficient (Wildman–Crippen LogP) is 1.43. The first-order valence-corrected chi connectivity index (χ1v) is 5.78. The van der Waals surface area contributed by atoms with Crippen LogP contribution in [-0.2, 0) is 13.9 Å². The molecule has 0 saturated heterocycles. The van der Waals surface area contributed by atoms with Gasteiger partial charge in [0.25, 0.3) is 0 Å². The molecule has 0 aliphatic carbocycles. The van der Waals surface area contributed by atoms with E-state index in [9.17, 15) is 13.9 Å². The van der Waals surface area contributed by atoms with Gasteiger partial charge in [0.05, 0.1) is 10.3 Å². The third-order valence-corrected chi connectivity index (χ3v) is 3.24. The fraction of sp³-hybridized carbons (Fsp3) is 0.286. The molecule has 0 amide bonds. The zero-order valence-electron chi connectivity index (χ0n) is 7.26. The number of thiophene rings is 1. The van der Waals surface area contributed by atoms with Crippen LogP contribution < -0.4 is 10.6 Å². The summed E-state index contributed by atoms with van der Waals surface area (Å²) in [7, 11) is -2.59. The Bertz CT molecular complexity index is 404. The van der Waals surface area contributed by atoms with Crippen molar-refractivity contribution in [1.29, 1.82) is 0 Å². The molecule has 5 nitrogen and oxygen atoms in total. The minimum absolute atomic E-state index is 0.199. The van der Waals surface area contributed by atoms with Gasteiger partial charge in [-0.2, -0.15) is 0 Å². The molecule has 0 spiro atoms. The maximum Gasteiger partial charge on any atom is 0.349 e. The van der Waals surface area contributed by atoms with E-state index < -0.39 is 19.7 Å². The number of aliphatic carboxylic acids is 1. The topological polar surface area (TPSA) is 83.5 Å². The number of rotatable bonds is 4. The highest BCUT2D eigenvalue weighted by Crippen LogP contribution is 2.19. The van der Waals surface area contributed by atoms with Crippen LogP contribution >= 0.6 is 19.0 Å². The molecular formula is C7H8NO4PS. The molecule has 0 radical (unpaired) electrons. The van der Waals surface area contributed by atoms with Crippen molar-refractivity contribution in [2.75, 3.05) is 5.32 Å². The molecule has 1 aromatic rings. The van der Waals surface area contributed by atoms with Crippen molar-refractivity contribution >= 4 is 35.3 Å². The quantitative estimate of drug-likeness (QED) is 0.768. The number of carbonyl (C=O) groups is 1. The number of hydrogen-bond donors (Lipinski definition) is 2. The molecular weight excluding hydrogens is 225 g/mol. The Morgan fingerprint density at radius 3 is 2.71 bits per heavy atom. The molecule has 14 heavy (non-hydrogen) atoms. The molecule has 0 aliphatic rings. The van der Waals surface area contributed by atoms with Crippen LogP contribution in [0.4, 0.5) is 5.00 Å². The van der Waals surface area contributed by atoms with Crippen LogP contribution in [0.2, 0.25) is 0 Å². The van der Waals surface area contributed by atoms with Crippen molar-refractivity contribution in [3.05, 3.63) is 11.4 Å². The normalized spacial score (nSPS) is 12.1. The maximum absolute atomic E-state index is 10.5. The van der Waals surface area contributed by atoms with Gasteiger partial charge in [0.1, 0.15) is 6.04 Å². The molecule has 0 aromatic carbocycles. The van der Waals surface area contributed by atoms with Gasteiger partial charge < -0.3 is 10.4 Å². The minimum Gasteiger partial charge on any atom is -0.480 e. The van der Waals surface area contributed by atoms with E-state index in [-0.39, 0.29) is 5.30 Å². The van der Waals surface area contributed by atoms with Crippen molar-refractivity contribution in [2.45, 2.75) is 13.0 Å². The highest BCUT2D eigenvalue weighted by molar-refractivity contribution is 7.41. The van der Waals surface area contributed by atoms with Gasteiger partial charge in [-0.3, -0.25) is 4.79 Å². The second kappa shape index (κ2) is 4.39. The number of anilines is 1. The van der Waals surface area contributed by atoms with Crippen LogP contribution in [0.1, 0.15) is 6.92 Å². The summed E-state index contributed by atoms with van der Waals surface area (Å²) in [6.45, 7) is 1.49. The predicted molar refractivity (Wildman–Crippen MR) is 53.0 cm³/mol. The molecule has 1 unspecified atom stereocenters. The average Bonchev–Trinajstić information content (AvgIpc) is 2.52. The summed E-state index contributed by atoms with van der Waals surface area (Å²) in [5.74, 6) is -0.980. The second-order valence-corrected chi connectivity index (χ2v) is 4.57. The molecule has 2 N–H and O–H groups in total.